The van der Waals surface area contributed by atoms with Crippen LogP contribution in [0.2, 0.25) is 0 Å². The first-order valence-electron chi connectivity index (χ1n) is 7.83. The minimum Gasteiger partial charge on any atom is -0.526 e. The van der Waals surface area contributed by atoms with E-state index in [2.05, 4.69) is 9.44 Å². The Morgan fingerprint density at radius 3 is 1.56 bits per heavy atom. The Morgan fingerprint density at radius 2 is 1.19 bits per heavy atom. The second-order valence-electron chi connectivity index (χ2n) is 5.81. The smallest absolute Gasteiger partial charge is 0.526 e. The number of hydrogen-bond donors (Lipinski definition) is 2. The molecule has 0 unspecified atom stereocenters. The van der Waals surface area contributed by atoms with E-state index in [4.69, 9.17) is 9.31 Å². The van der Waals surface area contributed by atoms with Crippen LogP contribution in [0.15, 0.2) is 48.5 Å². The number of sulfonamides is 2. The van der Waals surface area contributed by atoms with E-state index in [-0.39, 0.29) is 13.1 Å². The van der Waals surface area contributed by atoms with Crippen LogP contribution < -0.4 is 18.8 Å². The molecular weight excluding hydrogens is 391 g/mol. The third-order valence-electron chi connectivity index (χ3n) is 3.24. The molecule has 0 heterocycles. The van der Waals surface area contributed by atoms with E-state index in [9.17, 15) is 16.8 Å². The first-order chi connectivity index (χ1) is 12.6. The summed E-state index contributed by atoms with van der Waals surface area (Å²) in [7, 11) is -5.40. The first-order valence-corrected chi connectivity index (χ1v) is 11.6. The highest BCUT2D eigenvalue weighted by atomic mass is 32.2. The predicted molar refractivity (Wildman–Crippen MR) is 103 cm³/mol. The summed E-state index contributed by atoms with van der Waals surface area (Å²) in [5, 5.41) is 0. The van der Waals surface area contributed by atoms with Gasteiger partial charge in [-0.1, -0.05) is 24.3 Å². The Labute approximate surface area is 160 Å². The van der Waals surface area contributed by atoms with Crippen molar-refractivity contribution in [2.45, 2.75) is 13.1 Å². The van der Waals surface area contributed by atoms with Gasteiger partial charge in [0.15, 0.2) is 0 Å². The Balaban J connectivity index is 1.87. The summed E-state index contributed by atoms with van der Waals surface area (Å²) in [5.41, 5.74) is 1.47. The maximum atomic E-state index is 11.1. The van der Waals surface area contributed by atoms with Crippen molar-refractivity contribution in [2.24, 2.45) is 0 Å². The molecule has 8 nitrogen and oxygen atoms in total. The number of nitrogens with one attached hydrogen (secondary N) is 2. The van der Waals surface area contributed by atoms with E-state index in [1.54, 1.807) is 48.5 Å². The second kappa shape index (κ2) is 9.22. The van der Waals surface area contributed by atoms with Gasteiger partial charge in [0.05, 0.1) is 12.5 Å². The zero-order valence-electron chi connectivity index (χ0n) is 14.9. The Bertz CT molecular complexity index is 900. The van der Waals surface area contributed by atoms with Crippen molar-refractivity contribution in [1.82, 2.24) is 9.44 Å². The van der Waals surface area contributed by atoms with Crippen LogP contribution in [0, 0.1) is 0 Å². The van der Waals surface area contributed by atoms with E-state index >= 15 is 0 Å². The summed E-state index contributed by atoms with van der Waals surface area (Å²) in [6.45, 7) is 0.318. The predicted octanol–water partition coefficient (Wildman–Crippen LogP) is 0.777. The van der Waals surface area contributed by atoms with Crippen molar-refractivity contribution in [2.75, 3.05) is 12.5 Å². The molecule has 145 valence electrons. The summed E-state index contributed by atoms with van der Waals surface area (Å²) in [6, 6.07) is 13.8. The van der Waals surface area contributed by atoms with Gasteiger partial charge in [-0.25, -0.2) is 26.3 Å². The van der Waals surface area contributed by atoms with Gasteiger partial charge in [-0.3, -0.25) is 0 Å². The molecule has 1 radical (unpaired) electrons. The minimum absolute atomic E-state index is 0.159. The first kappa shape index (κ1) is 21.2. The van der Waals surface area contributed by atoms with Gasteiger partial charge in [0.1, 0.15) is 11.5 Å². The van der Waals surface area contributed by atoms with Crippen molar-refractivity contribution >= 4 is 27.7 Å². The molecule has 0 amide bonds. The van der Waals surface area contributed by atoms with Gasteiger partial charge in [0, 0.05) is 13.1 Å². The fourth-order valence-electron chi connectivity index (χ4n) is 2.02. The molecule has 2 aromatic rings. The van der Waals surface area contributed by atoms with Crippen molar-refractivity contribution < 1.29 is 26.1 Å². The largest absolute Gasteiger partial charge is 0.658 e. The molecule has 0 fully saturated rings. The lowest BCUT2D eigenvalue weighted by Crippen LogP contribution is -2.21. The van der Waals surface area contributed by atoms with E-state index in [1.165, 1.54) is 0 Å². The summed E-state index contributed by atoms with van der Waals surface area (Å²) in [5.74, 6) is 0.968. The molecule has 27 heavy (non-hydrogen) atoms. The Hall–Kier alpha value is -2.08. The highest BCUT2D eigenvalue weighted by Gasteiger charge is 2.06. The molecule has 0 saturated heterocycles. The molecular formula is C16H20BN2O6S2. The molecule has 0 aromatic heterocycles. The fourth-order valence-corrected chi connectivity index (χ4v) is 2.88. The van der Waals surface area contributed by atoms with Gasteiger partial charge in [0.25, 0.3) is 0 Å². The van der Waals surface area contributed by atoms with Crippen LogP contribution in [0.5, 0.6) is 11.5 Å². The van der Waals surface area contributed by atoms with Gasteiger partial charge < -0.3 is 9.31 Å². The molecule has 0 aliphatic heterocycles. The Morgan fingerprint density at radius 1 is 0.778 bits per heavy atom. The number of hydrogen-bond acceptors (Lipinski definition) is 6. The van der Waals surface area contributed by atoms with Crippen molar-refractivity contribution in [3.05, 3.63) is 59.7 Å². The van der Waals surface area contributed by atoms with E-state index in [1.807, 2.05) is 0 Å². The van der Waals surface area contributed by atoms with Crippen LogP contribution in [0.25, 0.3) is 0 Å². The lowest BCUT2D eigenvalue weighted by atomic mass is 10.2. The lowest BCUT2D eigenvalue weighted by Gasteiger charge is -2.09. The van der Waals surface area contributed by atoms with Crippen molar-refractivity contribution in [1.29, 1.82) is 0 Å². The van der Waals surface area contributed by atoms with Crippen LogP contribution in [0.3, 0.4) is 0 Å². The maximum absolute atomic E-state index is 11.1. The highest BCUT2D eigenvalue weighted by molar-refractivity contribution is 7.88. The Kier molecular flexibility index (Phi) is 7.25. The maximum Gasteiger partial charge on any atom is 0.658 e. The van der Waals surface area contributed by atoms with E-state index in [0.717, 1.165) is 31.3 Å². The van der Waals surface area contributed by atoms with Crippen LogP contribution in [-0.4, -0.2) is 37.0 Å². The number of benzene rings is 2. The number of rotatable bonds is 10. The molecule has 0 atom stereocenters. The summed E-state index contributed by atoms with van der Waals surface area (Å²) in [4.78, 5) is 0. The summed E-state index contributed by atoms with van der Waals surface area (Å²) >= 11 is 0. The second-order valence-corrected chi connectivity index (χ2v) is 9.48. The summed E-state index contributed by atoms with van der Waals surface area (Å²) in [6.07, 6.45) is 2.18. The standard InChI is InChI=1S/C16H20BN2O6S2/c1-26(20,21)18-11-13-5-3-7-15(9-13)24-17-25-16-8-4-6-14(10-16)12-19-27(2,22)23/h3-10,18-19H,11-12H2,1-2H3. The monoisotopic (exact) mass is 411 g/mol. The molecule has 0 bridgehead atoms. The van der Waals surface area contributed by atoms with Crippen LogP contribution >= 0.6 is 0 Å². The molecule has 0 aliphatic rings. The lowest BCUT2D eigenvalue weighted by molar-refractivity contribution is 0.458. The van der Waals surface area contributed by atoms with E-state index in [0.29, 0.717) is 11.5 Å². The quantitative estimate of drug-likeness (QED) is 0.559. The summed E-state index contributed by atoms with van der Waals surface area (Å²) < 4.78 is 60.2. The third-order valence-corrected chi connectivity index (χ3v) is 4.58. The molecule has 2 aromatic carbocycles. The van der Waals surface area contributed by atoms with Crippen LogP contribution in [-0.2, 0) is 33.1 Å². The van der Waals surface area contributed by atoms with E-state index < -0.39 is 20.0 Å². The SMILES string of the molecule is CS(=O)(=O)NCc1cccc(O[B]Oc2cccc(CNS(C)(=O)=O)c2)c1. The van der Waals surface area contributed by atoms with Gasteiger partial charge in [-0.15, -0.1) is 0 Å². The molecule has 0 aliphatic carbocycles. The average Bonchev–Trinajstić information content (AvgIpc) is 2.58. The van der Waals surface area contributed by atoms with Crippen LogP contribution in [0.4, 0.5) is 0 Å². The van der Waals surface area contributed by atoms with Gasteiger partial charge in [-0.2, -0.15) is 0 Å². The molecule has 0 saturated carbocycles. The van der Waals surface area contributed by atoms with Gasteiger partial charge in [-0.05, 0) is 35.4 Å². The third kappa shape index (κ3) is 8.91. The van der Waals surface area contributed by atoms with Crippen LogP contribution in [0.1, 0.15) is 11.1 Å². The normalized spacial score (nSPS) is 11.8. The minimum atomic E-state index is -3.27. The van der Waals surface area contributed by atoms with Crippen molar-refractivity contribution in [3.63, 3.8) is 0 Å². The average molecular weight is 411 g/mol. The molecule has 2 N–H and O–H groups in total. The van der Waals surface area contributed by atoms with Gasteiger partial charge in [0.2, 0.25) is 20.0 Å². The molecule has 2 rings (SSSR count). The fraction of sp³-hybridized carbons (Fsp3) is 0.250. The van der Waals surface area contributed by atoms with Crippen molar-refractivity contribution in [3.8, 4) is 11.5 Å². The molecule has 0 spiro atoms. The zero-order chi connectivity index (χ0) is 19.9. The molecule has 11 heteroatoms. The zero-order valence-corrected chi connectivity index (χ0v) is 16.5. The van der Waals surface area contributed by atoms with Gasteiger partial charge >= 0.3 is 7.69 Å². The topological polar surface area (TPSA) is 111 Å². The highest BCUT2D eigenvalue weighted by Crippen LogP contribution is 2.15.